The zero-order chi connectivity index (χ0) is 18.7. The molecule has 1 fully saturated rings. The number of hydrogen-bond donors (Lipinski definition) is 1. The molecule has 6 nitrogen and oxygen atoms in total. The summed E-state index contributed by atoms with van der Waals surface area (Å²) >= 11 is 12.0. The summed E-state index contributed by atoms with van der Waals surface area (Å²) in [5, 5.41) is 3.71. The number of anilines is 2. The van der Waals surface area contributed by atoms with E-state index in [1.54, 1.807) is 24.3 Å². The molecule has 1 aromatic carbocycles. The number of piperazine rings is 1. The second-order valence-corrected chi connectivity index (χ2v) is 7.10. The topological polar surface area (TPSA) is 61.4 Å². The Morgan fingerprint density at radius 3 is 2.35 bits per heavy atom. The molecule has 2 aromatic rings. The average molecular weight is 394 g/mol. The van der Waals surface area contributed by atoms with Gasteiger partial charge >= 0.3 is 0 Å². The van der Waals surface area contributed by atoms with Crippen LogP contribution in [0.4, 0.5) is 11.6 Å². The van der Waals surface area contributed by atoms with Crippen molar-refractivity contribution in [1.82, 2.24) is 14.9 Å². The minimum Gasteiger partial charge on any atom is -0.338 e. The summed E-state index contributed by atoms with van der Waals surface area (Å²) in [6, 6.07) is 6.57. The molecular formula is C18H21Cl2N5O. The van der Waals surface area contributed by atoms with Gasteiger partial charge in [0.2, 0.25) is 5.95 Å². The molecule has 1 N–H and O–H groups in total. The first-order valence-electron chi connectivity index (χ1n) is 8.55. The second-order valence-electron chi connectivity index (χ2n) is 6.23. The molecule has 0 saturated carbocycles. The van der Waals surface area contributed by atoms with Gasteiger partial charge in [0, 0.05) is 47.6 Å². The summed E-state index contributed by atoms with van der Waals surface area (Å²) in [4.78, 5) is 26.1. The molecule has 8 heteroatoms. The quantitative estimate of drug-likeness (QED) is 0.861. The standard InChI is InChI=1S/C18H21Cl2N5O/c1-3-24-4-6-25(7-5-24)18-21-12(2)8-16(23-18)17(26)22-15-10-13(19)9-14(20)11-15/h8-11H,3-7H2,1-2H3,(H,22,26). The number of nitrogens with one attached hydrogen (secondary N) is 1. The van der Waals surface area contributed by atoms with Gasteiger partial charge in [0.25, 0.3) is 5.91 Å². The molecule has 26 heavy (non-hydrogen) atoms. The number of aromatic nitrogens is 2. The second kappa shape index (κ2) is 8.20. The van der Waals surface area contributed by atoms with Crippen LogP contribution in [0.25, 0.3) is 0 Å². The first kappa shape index (κ1) is 18.9. The Labute approximate surface area is 163 Å². The van der Waals surface area contributed by atoms with E-state index < -0.39 is 0 Å². The number of carbonyl (C=O) groups excluding carboxylic acids is 1. The molecule has 1 amide bonds. The van der Waals surface area contributed by atoms with Crippen LogP contribution >= 0.6 is 23.2 Å². The molecule has 1 saturated heterocycles. The van der Waals surface area contributed by atoms with Gasteiger partial charge in [-0.15, -0.1) is 0 Å². The predicted molar refractivity (Wildman–Crippen MR) is 106 cm³/mol. The number of halogens is 2. The van der Waals surface area contributed by atoms with Crippen LogP contribution in [-0.4, -0.2) is 53.5 Å². The highest BCUT2D eigenvalue weighted by atomic mass is 35.5. The third kappa shape index (κ3) is 4.63. The monoisotopic (exact) mass is 393 g/mol. The number of hydrogen-bond acceptors (Lipinski definition) is 5. The van der Waals surface area contributed by atoms with Crippen molar-refractivity contribution in [2.75, 3.05) is 42.9 Å². The van der Waals surface area contributed by atoms with Crippen LogP contribution in [0.5, 0.6) is 0 Å². The molecule has 0 aliphatic carbocycles. The first-order chi connectivity index (χ1) is 12.4. The Bertz CT molecular complexity index is 786. The number of likely N-dealkylation sites (N-methyl/N-ethyl adjacent to an activating group) is 1. The first-order valence-corrected chi connectivity index (χ1v) is 9.30. The van der Waals surface area contributed by atoms with Crippen molar-refractivity contribution in [2.24, 2.45) is 0 Å². The van der Waals surface area contributed by atoms with E-state index in [4.69, 9.17) is 23.2 Å². The van der Waals surface area contributed by atoms with E-state index >= 15 is 0 Å². The molecule has 2 heterocycles. The van der Waals surface area contributed by atoms with Gasteiger partial charge in [-0.25, -0.2) is 9.97 Å². The Kier molecular flexibility index (Phi) is 5.96. The van der Waals surface area contributed by atoms with E-state index in [1.165, 1.54) is 0 Å². The lowest BCUT2D eigenvalue weighted by Crippen LogP contribution is -2.47. The molecule has 1 aromatic heterocycles. The van der Waals surface area contributed by atoms with Gasteiger partial charge in [-0.2, -0.15) is 0 Å². The highest BCUT2D eigenvalue weighted by Crippen LogP contribution is 2.23. The lowest BCUT2D eigenvalue weighted by Gasteiger charge is -2.34. The van der Waals surface area contributed by atoms with Crippen molar-refractivity contribution in [3.8, 4) is 0 Å². The fourth-order valence-corrected chi connectivity index (χ4v) is 3.42. The predicted octanol–water partition coefficient (Wildman–Crippen LogP) is 3.49. The molecule has 0 unspecified atom stereocenters. The van der Waals surface area contributed by atoms with Gasteiger partial charge < -0.3 is 15.1 Å². The molecular weight excluding hydrogens is 373 g/mol. The van der Waals surface area contributed by atoms with Crippen molar-refractivity contribution in [3.63, 3.8) is 0 Å². The van der Waals surface area contributed by atoms with Gasteiger partial charge in [-0.3, -0.25) is 4.79 Å². The Morgan fingerprint density at radius 1 is 1.08 bits per heavy atom. The molecule has 0 atom stereocenters. The van der Waals surface area contributed by atoms with E-state index in [0.717, 1.165) is 38.4 Å². The molecule has 3 rings (SSSR count). The number of benzene rings is 1. The van der Waals surface area contributed by atoms with E-state index in [1.807, 2.05) is 6.92 Å². The van der Waals surface area contributed by atoms with Crippen LogP contribution in [-0.2, 0) is 0 Å². The van der Waals surface area contributed by atoms with Crippen LogP contribution in [0, 0.1) is 6.92 Å². The Balaban J connectivity index is 1.77. The molecule has 0 spiro atoms. The van der Waals surface area contributed by atoms with E-state index in [0.29, 0.717) is 27.4 Å². The number of rotatable bonds is 4. The van der Waals surface area contributed by atoms with E-state index in [2.05, 4.69) is 32.0 Å². The Hall–Kier alpha value is -1.89. The minimum absolute atomic E-state index is 0.317. The third-order valence-corrected chi connectivity index (χ3v) is 4.73. The highest BCUT2D eigenvalue weighted by molar-refractivity contribution is 6.35. The third-order valence-electron chi connectivity index (χ3n) is 4.30. The van der Waals surface area contributed by atoms with Crippen molar-refractivity contribution in [3.05, 3.63) is 45.7 Å². The van der Waals surface area contributed by atoms with E-state index in [9.17, 15) is 4.79 Å². The molecule has 1 aliphatic heterocycles. The van der Waals surface area contributed by atoms with Crippen LogP contribution in [0.2, 0.25) is 10.0 Å². The van der Waals surface area contributed by atoms with Gasteiger partial charge in [-0.05, 0) is 37.7 Å². The van der Waals surface area contributed by atoms with E-state index in [-0.39, 0.29) is 5.91 Å². The van der Waals surface area contributed by atoms with Crippen molar-refractivity contribution in [2.45, 2.75) is 13.8 Å². The summed E-state index contributed by atoms with van der Waals surface area (Å²) in [5.41, 5.74) is 1.60. The zero-order valence-corrected chi connectivity index (χ0v) is 16.3. The van der Waals surface area contributed by atoms with Crippen molar-refractivity contribution < 1.29 is 4.79 Å². The highest BCUT2D eigenvalue weighted by Gasteiger charge is 2.20. The Morgan fingerprint density at radius 2 is 1.73 bits per heavy atom. The van der Waals surface area contributed by atoms with Crippen molar-refractivity contribution in [1.29, 1.82) is 0 Å². The SMILES string of the molecule is CCN1CCN(c2nc(C)cc(C(=O)Nc3cc(Cl)cc(Cl)c3)n2)CC1. The van der Waals surface area contributed by atoms with Gasteiger partial charge in [0.15, 0.2) is 0 Å². The molecule has 0 bridgehead atoms. The number of nitrogens with zero attached hydrogens (tertiary/aromatic N) is 4. The maximum atomic E-state index is 12.6. The normalized spacial score (nSPS) is 15.2. The zero-order valence-electron chi connectivity index (χ0n) is 14.8. The lowest BCUT2D eigenvalue weighted by molar-refractivity contribution is 0.102. The fourth-order valence-electron chi connectivity index (χ4n) is 2.90. The summed E-state index contributed by atoms with van der Waals surface area (Å²) in [6.07, 6.45) is 0. The smallest absolute Gasteiger partial charge is 0.274 e. The van der Waals surface area contributed by atoms with Gasteiger partial charge in [0.1, 0.15) is 5.69 Å². The summed E-state index contributed by atoms with van der Waals surface area (Å²) < 4.78 is 0. The molecule has 0 radical (unpaired) electrons. The molecule has 1 aliphatic rings. The fraction of sp³-hybridized carbons (Fsp3) is 0.389. The van der Waals surface area contributed by atoms with Crippen molar-refractivity contribution >= 4 is 40.7 Å². The summed E-state index contributed by atoms with van der Waals surface area (Å²) in [5.74, 6) is 0.275. The maximum absolute atomic E-state index is 12.6. The van der Waals surface area contributed by atoms with Gasteiger partial charge in [0.05, 0.1) is 0 Å². The summed E-state index contributed by atoms with van der Waals surface area (Å²) in [6.45, 7) is 8.69. The van der Waals surface area contributed by atoms with Crippen LogP contribution in [0.3, 0.4) is 0 Å². The summed E-state index contributed by atoms with van der Waals surface area (Å²) in [7, 11) is 0. The molecule has 138 valence electrons. The lowest BCUT2D eigenvalue weighted by atomic mass is 10.2. The minimum atomic E-state index is -0.317. The van der Waals surface area contributed by atoms with Crippen LogP contribution in [0.1, 0.15) is 23.1 Å². The van der Waals surface area contributed by atoms with Crippen LogP contribution in [0.15, 0.2) is 24.3 Å². The largest absolute Gasteiger partial charge is 0.338 e. The van der Waals surface area contributed by atoms with Crippen LogP contribution < -0.4 is 10.2 Å². The number of amides is 1. The maximum Gasteiger partial charge on any atom is 0.274 e. The van der Waals surface area contributed by atoms with Gasteiger partial charge in [-0.1, -0.05) is 30.1 Å². The number of aryl methyl sites for hydroxylation is 1. The number of carbonyl (C=O) groups is 1. The average Bonchev–Trinajstić information content (AvgIpc) is 2.60.